The standard InChI is InChI=1S/C16H23N3O/c17-15-13(7-6-10-18-15)14(20)16(8-2-3-9-16)19-11-4-1-5-12-19/h6-7,10H,1-5,8-9,11-12H2,(H2,17,18). The van der Waals surface area contributed by atoms with E-state index in [4.69, 9.17) is 5.73 Å². The van der Waals surface area contributed by atoms with Crippen LogP contribution in [0.4, 0.5) is 5.82 Å². The van der Waals surface area contributed by atoms with Crippen molar-refractivity contribution in [2.45, 2.75) is 50.5 Å². The van der Waals surface area contributed by atoms with Gasteiger partial charge in [0.1, 0.15) is 5.82 Å². The molecule has 2 aliphatic rings. The molecule has 0 aromatic carbocycles. The molecule has 20 heavy (non-hydrogen) atoms. The molecule has 0 amide bonds. The molecule has 0 bridgehead atoms. The number of carbonyl (C=O) groups is 1. The third-order valence-electron chi connectivity index (χ3n) is 4.90. The Balaban J connectivity index is 1.94. The summed E-state index contributed by atoms with van der Waals surface area (Å²) in [5.41, 5.74) is 6.23. The maximum Gasteiger partial charge on any atom is 0.186 e. The van der Waals surface area contributed by atoms with Crippen molar-refractivity contribution >= 4 is 11.6 Å². The van der Waals surface area contributed by atoms with Gasteiger partial charge >= 0.3 is 0 Å². The molecular formula is C16H23N3O. The summed E-state index contributed by atoms with van der Waals surface area (Å²) in [6.07, 6.45) is 9.57. The maximum atomic E-state index is 13.1. The number of nitrogen functional groups attached to an aromatic ring is 1. The summed E-state index contributed by atoms with van der Waals surface area (Å²) < 4.78 is 0. The van der Waals surface area contributed by atoms with Gasteiger partial charge in [0.05, 0.1) is 11.1 Å². The number of pyridine rings is 1. The number of hydrogen-bond donors (Lipinski definition) is 1. The molecule has 3 rings (SSSR count). The number of aromatic nitrogens is 1. The minimum absolute atomic E-state index is 0.197. The number of Topliss-reactive ketones (excluding diaryl/α,β-unsaturated/α-hetero) is 1. The normalized spacial score (nSPS) is 22.8. The van der Waals surface area contributed by atoms with Gasteiger partial charge in [0.2, 0.25) is 0 Å². The van der Waals surface area contributed by atoms with E-state index in [1.807, 2.05) is 12.1 Å². The highest BCUT2D eigenvalue weighted by molar-refractivity contribution is 6.06. The third-order valence-corrected chi connectivity index (χ3v) is 4.90. The molecule has 1 saturated heterocycles. The number of likely N-dealkylation sites (tertiary alicyclic amines) is 1. The Morgan fingerprint density at radius 3 is 2.50 bits per heavy atom. The molecule has 2 heterocycles. The molecule has 2 N–H and O–H groups in total. The number of nitrogens with zero attached hydrogens (tertiary/aromatic N) is 2. The highest BCUT2D eigenvalue weighted by Crippen LogP contribution is 2.40. The van der Waals surface area contributed by atoms with Gasteiger partial charge in [0, 0.05) is 6.20 Å². The molecule has 1 saturated carbocycles. The fourth-order valence-electron chi connectivity index (χ4n) is 3.83. The van der Waals surface area contributed by atoms with Crippen LogP contribution in [0.3, 0.4) is 0 Å². The van der Waals surface area contributed by atoms with Crippen LogP contribution >= 0.6 is 0 Å². The highest BCUT2D eigenvalue weighted by Gasteiger charge is 2.46. The number of hydrogen-bond acceptors (Lipinski definition) is 4. The minimum Gasteiger partial charge on any atom is -0.383 e. The fourth-order valence-corrected chi connectivity index (χ4v) is 3.83. The molecule has 1 aromatic rings. The van der Waals surface area contributed by atoms with E-state index < -0.39 is 0 Å². The van der Waals surface area contributed by atoms with E-state index in [1.165, 1.54) is 19.3 Å². The molecular weight excluding hydrogens is 250 g/mol. The smallest absolute Gasteiger partial charge is 0.186 e. The lowest BCUT2D eigenvalue weighted by Crippen LogP contribution is -2.54. The molecule has 1 aliphatic heterocycles. The van der Waals surface area contributed by atoms with Gasteiger partial charge in [-0.3, -0.25) is 9.69 Å². The second-order valence-corrected chi connectivity index (χ2v) is 6.05. The summed E-state index contributed by atoms with van der Waals surface area (Å²) >= 11 is 0. The van der Waals surface area contributed by atoms with Crippen molar-refractivity contribution in [1.29, 1.82) is 0 Å². The monoisotopic (exact) mass is 273 g/mol. The minimum atomic E-state index is -0.308. The van der Waals surface area contributed by atoms with Crippen molar-refractivity contribution in [3.05, 3.63) is 23.9 Å². The third kappa shape index (κ3) is 2.22. The topological polar surface area (TPSA) is 59.2 Å². The number of carbonyl (C=O) groups excluding carboxylic acids is 1. The van der Waals surface area contributed by atoms with E-state index in [0.717, 1.165) is 38.8 Å². The highest BCUT2D eigenvalue weighted by atomic mass is 16.1. The molecule has 0 spiro atoms. The average molecular weight is 273 g/mol. The Bertz CT molecular complexity index is 488. The van der Waals surface area contributed by atoms with E-state index in [1.54, 1.807) is 6.20 Å². The van der Waals surface area contributed by atoms with E-state index in [-0.39, 0.29) is 11.3 Å². The van der Waals surface area contributed by atoms with Crippen LogP contribution in [0, 0.1) is 0 Å². The summed E-state index contributed by atoms with van der Waals surface area (Å²) in [4.78, 5) is 19.6. The van der Waals surface area contributed by atoms with Crippen molar-refractivity contribution < 1.29 is 4.79 Å². The second-order valence-electron chi connectivity index (χ2n) is 6.05. The van der Waals surface area contributed by atoms with Crippen molar-refractivity contribution in [2.24, 2.45) is 0 Å². The Morgan fingerprint density at radius 1 is 1.15 bits per heavy atom. The van der Waals surface area contributed by atoms with Crippen molar-refractivity contribution in [2.75, 3.05) is 18.8 Å². The molecule has 4 nitrogen and oxygen atoms in total. The zero-order chi connectivity index (χ0) is 14.0. The predicted molar refractivity (Wildman–Crippen MR) is 79.6 cm³/mol. The Hall–Kier alpha value is -1.42. The van der Waals surface area contributed by atoms with Gasteiger partial charge in [-0.2, -0.15) is 0 Å². The van der Waals surface area contributed by atoms with Crippen molar-refractivity contribution in [3.63, 3.8) is 0 Å². The van der Waals surface area contributed by atoms with E-state index in [9.17, 15) is 4.79 Å². The first-order valence-corrected chi connectivity index (χ1v) is 7.74. The van der Waals surface area contributed by atoms with Crippen LogP contribution in [0.1, 0.15) is 55.3 Å². The molecule has 1 aromatic heterocycles. The summed E-state index contributed by atoms with van der Waals surface area (Å²) in [5.74, 6) is 0.572. The second kappa shape index (κ2) is 5.52. The Morgan fingerprint density at radius 2 is 1.85 bits per heavy atom. The van der Waals surface area contributed by atoms with Crippen LogP contribution in [0.15, 0.2) is 18.3 Å². The first-order chi connectivity index (χ1) is 9.74. The van der Waals surface area contributed by atoms with Gasteiger partial charge in [-0.15, -0.1) is 0 Å². The van der Waals surface area contributed by atoms with Crippen LogP contribution in [-0.2, 0) is 0 Å². The largest absolute Gasteiger partial charge is 0.383 e. The molecule has 4 heteroatoms. The zero-order valence-electron chi connectivity index (χ0n) is 12.0. The average Bonchev–Trinajstić information content (AvgIpc) is 2.99. The quantitative estimate of drug-likeness (QED) is 0.860. The van der Waals surface area contributed by atoms with Crippen LogP contribution in [0.5, 0.6) is 0 Å². The summed E-state index contributed by atoms with van der Waals surface area (Å²) in [5, 5.41) is 0. The first-order valence-electron chi connectivity index (χ1n) is 7.74. The first kappa shape index (κ1) is 13.6. The molecule has 2 fully saturated rings. The number of rotatable bonds is 3. The Labute approximate surface area is 120 Å². The van der Waals surface area contributed by atoms with E-state index in [0.29, 0.717) is 11.4 Å². The lowest BCUT2D eigenvalue weighted by Gasteiger charge is -2.42. The summed E-state index contributed by atoms with van der Waals surface area (Å²) in [7, 11) is 0. The number of ketones is 1. The van der Waals surface area contributed by atoms with Gasteiger partial charge in [-0.05, 0) is 50.9 Å². The summed E-state index contributed by atoms with van der Waals surface area (Å²) in [6.45, 7) is 2.10. The molecule has 108 valence electrons. The number of nitrogens with two attached hydrogens (primary N) is 1. The van der Waals surface area contributed by atoms with Gasteiger partial charge in [0.25, 0.3) is 0 Å². The molecule has 0 atom stereocenters. The van der Waals surface area contributed by atoms with Crippen LogP contribution in [0.2, 0.25) is 0 Å². The number of piperidine rings is 1. The molecule has 1 aliphatic carbocycles. The van der Waals surface area contributed by atoms with Crippen LogP contribution in [-0.4, -0.2) is 34.3 Å². The SMILES string of the molecule is Nc1ncccc1C(=O)C1(N2CCCCC2)CCCC1. The Kier molecular flexibility index (Phi) is 3.74. The maximum absolute atomic E-state index is 13.1. The van der Waals surface area contributed by atoms with E-state index in [2.05, 4.69) is 9.88 Å². The lowest BCUT2D eigenvalue weighted by atomic mass is 9.84. The van der Waals surface area contributed by atoms with E-state index >= 15 is 0 Å². The summed E-state index contributed by atoms with van der Waals surface area (Å²) in [6, 6.07) is 3.64. The van der Waals surface area contributed by atoms with Crippen molar-refractivity contribution in [1.82, 2.24) is 9.88 Å². The zero-order valence-corrected chi connectivity index (χ0v) is 12.0. The number of anilines is 1. The predicted octanol–water partition coefficient (Wildman–Crippen LogP) is 2.65. The lowest BCUT2D eigenvalue weighted by molar-refractivity contribution is 0.0478. The van der Waals surface area contributed by atoms with Gasteiger partial charge in [-0.1, -0.05) is 19.3 Å². The molecule has 0 unspecified atom stereocenters. The van der Waals surface area contributed by atoms with Crippen molar-refractivity contribution in [3.8, 4) is 0 Å². The molecule has 0 radical (unpaired) electrons. The van der Waals surface area contributed by atoms with Crippen LogP contribution in [0.25, 0.3) is 0 Å². The van der Waals surface area contributed by atoms with Gasteiger partial charge < -0.3 is 5.73 Å². The fraction of sp³-hybridized carbons (Fsp3) is 0.625. The van der Waals surface area contributed by atoms with Crippen LogP contribution < -0.4 is 5.73 Å². The van der Waals surface area contributed by atoms with Gasteiger partial charge in [0.15, 0.2) is 5.78 Å². The van der Waals surface area contributed by atoms with Gasteiger partial charge in [-0.25, -0.2) is 4.98 Å².